The van der Waals surface area contributed by atoms with Crippen LogP contribution in [0, 0.1) is 24.7 Å². The SMILES string of the molecule is CC.CC.CC.CC.CC.CC.CC.CC.[C-](=Nc1[c-]n[c-]c(N=[C-]c2ccc(C3=Nc4ccccc4C3)cc2)c1)c1ccc(C2=Nc3ccccc3C2)cc1.[C-](=Nc1[c-]nc(N=[C-]c2ccc(C3=Nc4ccccc4C3)cc2)[c-]c1)c1ccc(C2=Nc3ccccc3C2)cc1.[Y].[Y].[Y].[Y]. The van der Waals surface area contributed by atoms with E-state index in [-0.39, 0.29) is 131 Å². The maximum Gasteiger partial charge on any atom is 0.0669 e. The van der Waals surface area contributed by atoms with Crippen LogP contribution < -0.4 is 0 Å². The molecular formula is C86H90N10Y4-8. The van der Waals surface area contributed by atoms with E-state index >= 15 is 0 Å². The molecule has 10 nitrogen and oxygen atoms in total. The zero-order valence-corrected chi connectivity index (χ0v) is 72.6. The van der Waals surface area contributed by atoms with Crippen LogP contribution >= 0.6 is 0 Å². The minimum Gasteiger partial charge on any atom is -0.559 e. The molecule has 0 N–H and O–H groups in total. The average molecular weight is 1620 g/mol. The predicted molar refractivity (Wildman–Crippen MR) is 411 cm³/mol. The minimum absolute atomic E-state index is 0. The van der Waals surface area contributed by atoms with Gasteiger partial charge in [0.05, 0.1) is 45.6 Å². The van der Waals surface area contributed by atoms with Crippen molar-refractivity contribution in [2.24, 2.45) is 39.9 Å². The van der Waals surface area contributed by atoms with Crippen molar-refractivity contribution in [2.75, 3.05) is 0 Å². The van der Waals surface area contributed by atoms with Gasteiger partial charge in [0, 0.05) is 157 Å². The molecule has 0 bridgehead atoms. The molecule has 504 valence electrons. The van der Waals surface area contributed by atoms with Gasteiger partial charge in [0.1, 0.15) is 0 Å². The second-order valence-corrected chi connectivity index (χ2v) is 19.1. The monoisotopic (exact) mass is 1620 g/mol. The maximum atomic E-state index is 4.76. The Kier molecular flexibility index (Phi) is 48.4. The van der Waals surface area contributed by atoms with Crippen LogP contribution in [0.1, 0.15) is 178 Å². The van der Waals surface area contributed by atoms with Gasteiger partial charge >= 0.3 is 0 Å². The van der Waals surface area contributed by atoms with Crippen molar-refractivity contribution in [3.05, 3.63) is 298 Å². The number of para-hydroxylation sites is 4. The van der Waals surface area contributed by atoms with Crippen molar-refractivity contribution in [1.29, 1.82) is 0 Å². The summed E-state index contributed by atoms with van der Waals surface area (Å²) in [7, 11) is 0. The van der Waals surface area contributed by atoms with E-state index < -0.39 is 0 Å². The Morgan fingerprint density at radius 1 is 0.290 bits per heavy atom. The molecule has 2 aromatic heterocycles. The fourth-order valence-corrected chi connectivity index (χ4v) is 9.52. The molecule has 8 aromatic carbocycles. The molecule has 4 aliphatic rings. The molecule has 14 heteroatoms. The molecule has 4 aliphatic heterocycles. The minimum atomic E-state index is 0. The maximum absolute atomic E-state index is 4.76. The number of fused-ring (bicyclic) bond motifs is 4. The number of aliphatic imine (C=N–C) groups is 8. The first-order valence-corrected chi connectivity index (χ1v) is 34.1. The van der Waals surface area contributed by atoms with E-state index in [2.05, 4.69) is 189 Å². The van der Waals surface area contributed by atoms with Gasteiger partial charge in [-0.3, -0.25) is 32.4 Å². The number of rotatable bonds is 12. The first kappa shape index (κ1) is 91.8. The Bertz CT molecular complexity index is 3940. The molecule has 0 aliphatic carbocycles. The van der Waals surface area contributed by atoms with Gasteiger partial charge in [-0.25, -0.2) is 11.4 Å². The molecule has 10 aromatic rings. The summed E-state index contributed by atoms with van der Waals surface area (Å²) in [5.74, 6) is 0.390. The van der Waals surface area contributed by atoms with Gasteiger partial charge in [-0.1, -0.05) is 238 Å². The van der Waals surface area contributed by atoms with Gasteiger partial charge in [0.2, 0.25) is 0 Å². The third-order valence-corrected chi connectivity index (χ3v) is 13.7. The Labute approximate surface area is 699 Å². The van der Waals surface area contributed by atoms with Crippen LogP contribution in [0.3, 0.4) is 0 Å². The molecule has 0 saturated carbocycles. The van der Waals surface area contributed by atoms with Crippen molar-refractivity contribution in [2.45, 2.75) is 136 Å². The smallest absolute Gasteiger partial charge is 0.0669 e. The standard InChI is InChI=1S/2C35H21N5.8C2H6.4Y/c1-3-7-32-28(5-1)17-34(39-32)26-13-9-24(10-14-26)20-37-30-19-31(23-36-22-30)38-21-25-11-15-27(16-12-25)35-18-29-6-2-4-8-33(29)40-35;1-3-7-31-28(5-1)19-33(39-31)26-13-9-24(10-14-26)21-36-30-17-18-35(38-23-30)37-22-25-11-15-27(16-12-25)34-20-29-6-2-4-8-32(29)40-34;8*1-2;;;;/h1-16,19H,17-18H2;1-17H,19-20H2;8*1-2H3;;;;/q2*-4;;;;;;;;;;;;. The number of benzene rings is 8. The Balaban J connectivity index is 0.000000807. The summed E-state index contributed by atoms with van der Waals surface area (Å²) < 4.78 is 0. The summed E-state index contributed by atoms with van der Waals surface area (Å²) in [6, 6.07) is 71.7. The summed E-state index contributed by atoms with van der Waals surface area (Å²) in [6.07, 6.45) is 24.2. The van der Waals surface area contributed by atoms with Gasteiger partial charge in [0.15, 0.2) is 0 Å². The summed E-state index contributed by atoms with van der Waals surface area (Å²) in [5, 5.41) is 0. The number of pyridine rings is 2. The normalized spacial score (nSPS) is 11.6. The average Bonchev–Trinajstić information content (AvgIpc) is 1.68. The van der Waals surface area contributed by atoms with E-state index in [1.807, 2.05) is 196 Å². The zero-order valence-electron chi connectivity index (χ0n) is 61.2. The third kappa shape index (κ3) is 27.6. The van der Waals surface area contributed by atoms with Crippen LogP contribution in [0.15, 0.2) is 246 Å². The number of hydrogen-bond donors (Lipinski definition) is 0. The largest absolute Gasteiger partial charge is 0.559 e. The van der Waals surface area contributed by atoms with Crippen LogP contribution in [0.5, 0.6) is 0 Å². The molecule has 0 fully saturated rings. The van der Waals surface area contributed by atoms with E-state index in [4.69, 9.17) is 20.0 Å². The van der Waals surface area contributed by atoms with Crippen LogP contribution in [-0.4, -0.2) is 57.7 Å². The Hall–Kier alpha value is -6.16. The van der Waals surface area contributed by atoms with Crippen molar-refractivity contribution < 1.29 is 131 Å². The quantitative estimate of drug-likeness (QED) is 0.0893. The zero-order chi connectivity index (χ0) is 69.5. The van der Waals surface area contributed by atoms with Crippen molar-refractivity contribution in [3.63, 3.8) is 0 Å². The Morgan fingerprint density at radius 2 is 0.540 bits per heavy atom. The van der Waals surface area contributed by atoms with Crippen molar-refractivity contribution >= 4 is 93.3 Å². The van der Waals surface area contributed by atoms with Gasteiger partial charge in [-0.15, -0.1) is 70.8 Å². The molecule has 4 radical (unpaired) electrons. The summed E-state index contributed by atoms with van der Waals surface area (Å²) >= 11 is 0. The second-order valence-electron chi connectivity index (χ2n) is 19.1. The van der Waals surface area contributed by atoms with E-state index in [0.717, 1.165) is 116 Å². The second kappa shape index (κ2) is 52.7. The van der Waals surface area contributed by atoms with Crippen LogP contribution in [0.4, 0.5) is 45.6 Å². The number of hydrogen-bond acceptors (Lipinski definition) is 10. The first-order chi connectivity index (χ1) is 47.5. The van der Waals surface area contributed by atoms with Gasteiger partial charge < -0.3 is 48.1 Å². The molecule has 0 atom stereocenters. The fraction of sp³-hybridized carbons (Fsp3) is 0.233. The number of nitrogens with zero attached hydrogens (tertiary/aromatic N) is 10. The van der Waals surface area contributed by atoms with Gasteiger partial charge in [0.25, 0.3) is 0 Å². The van der Waals surface area contributed by atoms with Gasteiger partial charge in [-0.2, -0.15) is 11.9 Å². The first-order valence-electron chi connectivity index (χ1n) is 34.1. The molecule has 0 spiro atoms. The predicted octanol–water partition coefficient (Wildman–Crippen LogP) is 22.8. The molecular weight excluding hydrogens is 1530 g/mol. The summed E-state index contributed by atoms with van der Waals surface area (Å²) in [4.78, 5) is 44.7. The van der Waals surface area contributed by atoms with Crippen LogP contribution in [0.25, 0.3) is 0 Å². The van der Waals surface area contributed by atoms with Crippen LogP contribution in [-0.2, 0) is 157 Å². The number of aromatic nitrogens is 2. The molecule has 0 amide bonds. The third-order valence-electron chi connectivity index (χ3n) is 13.7. The van der Waals surface area contributed by atoms with Gasteiger partial charge in [-0.05, 0) is 93.2 Å². The fourth-order valence-electron chi connectivity index (χ4n) is 9.52. The molecule has 0 saturated heterocycles. The molecule has 14 rings (SSSR count). The molecule has 100 heavy (non-hydrogen) atoms. The summed E-state index contributed by atoms with van der Waals surface area (Å²) in [5.41, 5.74) is 23.0. The van der Waals surface area contributed by atoms with E-state index in [1.54, 1.807) is 12.1 Å². The van der Waals surface area contributed by atoms with E-state index in [1.165, 1.54) is 22.3 Å². The summed E-state index contributed by atoms with van der Waals surface area (Å²) in [6.45, 7) is 32.0. The van der Waals surface area contributed by atoms with E-state index in [0.29, 0.717) is 22.9 Å². The van der Waals surface area contributed by atoms with Crippen molar-refractivity contribution in [3.8, 4) is 0 Å². The molecule has 6 heterocycles. The van der Waals surface area contributed by atoms with Crippen LogP contribution in [0.2, 0.25) is 0 Å². The Morgan fingerprint density at radius 3 is 0.790 bits per heavy atom. The topological polar surface area (TPSA) is 125 Å². The van der Waals surface area contributed by atoms with E-state index in [9.17, 15) is 0 Å². The molecule has 0 unspecified atom stereocenters. The van der Waals surface area contributed by atoms with Crippen molar-refractivity contribution in [1.82, 2.24) is 9.97 Å².